The predicted octanol–water partition coefficient (Wildman–Crippen LogP) is 4.43. The molecule has 0 bridgehead atoms. The van der Waals surface area contributed by atoms with E-state index < -0.39 is 24.0 Å². The number of fused-ring (bicyclic) bond motifs is 3. The molecule has 2 aromatic carbocycles. The minimum atomic E-state index is -0.981. The van der Waals surface area contributed by atoms with E-state index >= 15 is 0 Å². The van der Waals surface area contributed by atoms with Gasteiger partial charge in [-0.1, -0.05) is 67.1 Å². The van der Waals surface area contributed by atoms with Gasteiger partial charge in [0.05, 0.1) is 5.92 Å². The minimum absolute atomic E-state index is 0.0475. The second kappa shape index (κ2) is 11.0. The van der Waals surface area contributed by atoms with Crippen molar-refractivity contribution in [3.8, 4) is 11.1 Å². The van der Waals surface area contributed by atoms with E-state index in [9.17, 15) is 14.4 Å². The fourth-order valence-electron chi connectivity index (χ4n) is 4.20. The van der Waals surface area contributed by atoms with Crippen molar-refractivity contribution in [2.24, 2.45) is 5.92 Å². The zero-order chi connectivity index (χ0) is 24.8. The summed E-state index contributed by atoms with van der Waals surface area (Å²) in [6, 6.07) is 15.3. The van der Waals surface area contributed by atoms with Gasteiger partial charge in [0.15, 0.2) is 0 Å². The van der Waals surface area contributed by atoms with Crippen LogP contribution in [0.4, 0.5) is 4.79 Å². The number of nitrogens with one attached hydrogen (secondary N) is 1. The van der Waals surface area contributed by atoms with Gasteiger partial charge >= 0.3 is 12.1 Å². The maximum Gasteiger partial charge on any atom is 0.407 e. The topological polar surface area (TPSA) is 95.9 Å². The maximum atomic E-state index is 13.0. The SMILES string of the molecule is CC(C)=CCC(NC(=O)OCC1c2ccccc2-c2ccccc21)C(=O)N(C)CC(C)C(=O)O. The molecule has 34 heavy (non-hydrogen) atoms. The molecule has 0 saturated carbocycles. The van der Waals surface area contributed by atoms with Gasteiger partial charge < -0.3 is 20.1 Å². The molecule has 3 rings (SSSR count). The first kappa shape index (κ1) is 25.0. The van der Waals surface area contributed by atoms with Gasteiger partial charge in [0.1, 0.15) is 12.6 Å². The van der Waals surface area contributed by atoms with Gasteiger partial charge in [-0.15, -0.1) is 0 Å². The van der Waals surface area contributed by atoms with Crippen LogP contribution in [0.3, 0.4) is 0 Å². The maximum absolute atomic E-state index is 13.0. The Labute approximate surface area is 200 Å². The number of benzene rings is 2. The molecular formula is C27H32N2O5. The Balaban J connectivity index is 1.68. The number of amides is 2. The van der Waals surface area contributed by atoms with Crippen LogP contribution in [0.25, 0.3) is 11.1 Å². The van der Waals surface area contributed by atoms with Crippen molar-refractivity contribution in [2.45, 2.75) is 39.2 Å². The standard InChI is InChI=1S/C27H32N2O5/c1-17(2)13-14-24(25(30)29(4)15-18(3)26(31)32)28-27(33)34-16-23-21-11-7-5-9-19(21)20-10-6-8-12-22(20)23/h5-13,18,23-24H,14-16H2,1-4H3,(H,28,33)(H,31,32). The Hall–Kier alpha value is -3.61. The number of hydrogen-bond acceptors (Lipinski definition) is 4. The number of carbonyl (C=O) groups is 3. The Bertz CT molecular complexity index is 1040. The fourth-order valence-corrected chi connectivity index (χ4v) is 4.20. The number of carbonyl (C=O) groups excluding carboxylic acids is 2. The number of alkyl carbamates (subject to hydrolysis) is 1. The molecule has 2 amide bonds. The fraction of sp³-hybridized carbons (Fsp3) is 0.370. The summed E-state index contributed by atoms with van der Waals surface area (Å²) >= 11 is 0. The molecule has 2 unspecified atom stereocenters. The summed E-state index contributed by atoms with van der Waals surface area (Å²) in [5.74, 6) is -2.14. The summed E-state index contributed by atoms with van der Waals surface area (Å²) < 4.78 is 5.59. The molecule has 1 aliphatic carbocycles. The molecule has 0 aromatic heterocycles. The molecular weight excluding hydrogens is 432 g/mol. The lowest BCUT2D eigenvalue weighted by Crippen LogP contribution is -2.48. The molecule has 2 aromatic rings. The number of rotatable bonds is 9. The van der Waals surface area contributed by atoms with Crippen molar-refractivity contribution in [1.29, 1.82) is 0 Å². The van der Waals surface area contributed by atoms with E-state index in [1.54, 1.807) is 0 Å². The van der Waals surface area contributed by atoms with Gasteiger partial charge in [-0.2, -0.15) is 0 Å². The van der Waals surface area contributed by atoms with E-state index in [1.165, 1.54) is 18.9 Å². The van der Waals surface area contributed by atoms with Crippen molar-refractivity contribution in [3.63, 3.8) is 0 Å². The van der Waals surface area contributed by atoms with E-state index in [0.717, 1.165) is 27.8 Å². The van der Waals surface area contributed by atoms with Crippen LogP contribution in [0.1, 0.15) is 44.2 Å². The van der Waals surface area contributed by atoms with Crippen molar-refractivity contribution in [1.82, 2.24) is 10.2 Å². The van der Waals surface area contributed by atoms with Crippen molar-refractivity contribution in [2.75, 3.05) is 20.2 Å². The van der Waals surface area contributed by atoms with Crippen LogP contribution in [-0.4, -0.2) is 54.2 Å². The lowest BCUT2D eigenvalue weighted by Gasteiger charge is -2.25. The number of nitrogens with zero attached hydrogens (tertiary/aromatic N) is 1. The number of ether oxygens (including phenoxy) is 1. The predicted molar refractivity (Wildman–Crippen MR) is 130 cm³/mol. The molecule has 7 heteroatoms. The van der Waals surface area contributed by atoms with E-state index in [4.69, 9.17) is 9.84 Å². The third-order valence-electron chi connectivity index (χ3n) is 6.04. The molecule has 2 N–H and O–H groups in total. The Morgan fingerprint density at radius 2 is 1.62 bits per heavy atom. The van der Waals surface area contributed by atoms with Crippen LogP contribution in [0.2, 0.25) is 0 Å². The average molecular weight is 465 g/mol. The summed E-state index contributed by atoms with van der Waals surface area (Å²) in [6.07, 6.45) is 1.47. The lowest BCUT2D eigenvalue weighted by molar-refractivity contribution is -0.143. The number of aliphatic carboxylic acids is 1. The van der Waals surface area contributed by atoms with E-state index in [-0.39, 0.29) is 31.4 Å². The molecule has 0 saturated heterocycles. The lowest BCUT2D eigenvalue weighted by atomic mass is 9.98. The van der Waals surface area contributed by atoms with Crippen molar-refractivity contribution >= 4 is 18.0 Å². The highest BCUT2D eigenvalue weighted by atomic mass is 16.5. The molecule has 7 nitrogen and oxygen atoms in total. The first-order valence-electron chi connectivity index (χ1n) is 11.4. The van der Waals surface area contributed by atoms with Crippen LogP contribution in [0.5, 0.6) is 0 Å². The summed E-state index contributed by atoms with van der Waals surface area (Å²) in [7, 11) is 1.54. The number of carboxylic acid groups (broad SMARTS) is 1. The summed E-state index contributed by atoms with van der Waals surface area (Å²) in [4.78, 5) is 38.2. The van der Waals surface area contributed by atoms with Gasteiger partial charge in [-0.3, -0.25) is 9.59 Å². The zero-order valence-corrected chi connectivity index (χ0v) is 20.1. The highest BCUT2D eigenvalue weighted by Crippen LogP contribution is 2.44. The highest BCUT2D eigenvalue weighted by molar-refractivity contribution is 5.86. The number of likely N-dealkylation sites (N-methyl/N-ethyl adjacent to an activating group) is 1. The van der Waals surface area contributed by atoms with Gasteiger partial charge in [-0.25, -0.2) is 4.79 Å². The minimum Gasteiger partial charge on any atom is -0.481 e. The van der Waals surface area contributed by atoms with Crippen LogP contribution in [0, 0.1) is 5.92 Å². The van der Waals surface area contributed by atoms with Crippen molar-refractivity contribution in [3.05, 3.63) is 71.3 Å². The molecule has 180 valence electrons. The van der Waals surface area contributed by atoms with Crippen LogP contribution in [-0.2, 0) is 14.3 Å². The van der Waals surface area contributed by atoms with Gasteiger partial charge in [0.2, 0.25) is 5.91 Å². The van der Waals surface area contributed by atoms with Crippen LogP contribution >= 0.6 is 0 Å². The Morgan fingerprint density at radius 3 is 2.15 bits per heavy atom. The number of carboxylic acids is 1. The summed E-state index contributed by atoms with van der Waals surface area (Å²) in [5, 5.41) is 11.8. The molecule has 0 heterocycles. The third kappa shape index (κ3) is 5.84. The van der Waals surface area contributed by atoms with Crippen molar-refractivity contribution < 1.29 is 24.2 Å². The second-order valence-corrected chi connectivity index (χ2v) is 9.00. The third-order valence-corrected chi connectivity index (χ3v) is 6.04. The second-order valence-electron chi connectivity index (χ2n) is 9.00. The van der Waals surface area contributed by atoms with Gasteiger partial charge in [0.25, 0.3) is 0 Å². The Kier molecular flexibility index (Phi) is 8.10. The van der Waals surface area contributed by atoms with Crippen LogP contribution in [0.15, 0.2) is 60.2 Å². The monoisotopic (exact) mass is 464 g/mol. The first-order valence-corrected chi connectivity index (χ1v) is 11.4. The highest BCUT2D eigenvalue weighted by Gasteiger charge is 2.30. The molecule has 0 radical (unpaired) electrons. The van der Waals surface area contributed by atoms with Gasteiger partial charge in [-0.05, 0) is 42.5 Å². The molecule has 0 fully saturated rings. The molecule has 0 aliphatic heterocycles. The smallest absolute Gasteiger partial charge is 0.407 e. The van der Waals surface area contributed by atoms with E-state index in [1.807, 2.05) is 56.3 Å². The quantitative estimate of drug-likeness (QED) is 0.535. The average Bonchev–Trinajstić information content (AvgIpc) is 3.13. The normalized spacial score (nSPS) is 13.8. The largest absolute Gasteiger partial charge is 0.481 e. The van der Waals surface area contributed by atoms with Crippen LogP contribution < -0.4 is 5.32 Å². The zero-order valence-electron chi connectivity index (χ0n) is 20.1. The summed E-state index contributed by atoms with van der Waals surface area (Å²) in [6.45, 7) is 5.55. The molecule has 2 atom stereocenters. The first-order chi connectivity index (χ1) is 16.2. The summed E-state index contributed by atoms with van der Waals surface area (Å²) in [5.41, 5.74) is 5.50. The number of hydrogen-bond donors (Lipinski definition) is 2. The molecule has 1 aliphatic rings. The van der Waals surface area contributed by atoms with E-state index in [0.29, 0.717) is 0 Å². The van der Waals surface area contributed by atoms with Gasteiger partial charge in [0, 0.05) is 19.5 Å². The molecule has 0 spiro atoms. The van der Waals surface area contributed by atoms with E-state index in [2.05, 4.69) is 17.4 Å². The number of allylic oxidation sites excluding steroid dienone is 1. The Morgan fingerprint density at radius 1 is 1.06 bits per heavy atom.